The summed E-state index contributed by atoms with van der Waals surface area (Å²) in [6.07, 6.45) is 0. The number of para-hydroxylation sites is 1. The molecule has 0 saturated carbocycles. The van der Waals surface area contributed by atoms with E-state index in [0.717, 1.165) is 10.6 Å². The molecular formula is C23H17ClFN3O4. The summed E-state index contributed by atoms with van der Waals surface area (Å²) in [4.78, 5) is 39.0. The van der Waals surface area contributed by atoms with Crippen LogP contribution in [0.4, 0.5) is 10.1 Å². The molecule has 1 heterocycles. The molecule has 0 fully saturated rings. The highest BCUT2D eigenvalue weighted by Crippen LogP contribution is 2.18. The van der Waals surface area contributed by atoms with Crippen LogP contribution in [-0.4, -0.2) is 22.2 Å². The highest BCUT2D eigenvalue weighted by Gasteiger charge is 2.17. The number of hydrogen-bond acceptors (Lipinski definition) is 4. The van der Waals surface area contributed by atoms with E-state index in [9.17, 15) is 18.8 Å². The van der Waals surface area contributed by atoms with Gasteiger partial charge in [-0.2, -0.15) is 0 Å². The first-order chi connectivity index (χ1) is 15.4. The molecule has 0 aliphatic carbocycles. The zero-order chi connectivity index (χ0) is 22.8. The van der Waals surface area contributed by atoms with E-state index >= 15 is 0 Å². The highest BCUT2D eigenvalue weighted by atomic mass is 35.5. The third-order valence-corrected chi connectivity index (χ3v) is 5.18. The highest BCUT2D eigenvalue weighted by molar-refractivity contribution is 6.30. The second-order valence-electron chi connectivity index (χ2n) is 6.90. The second-order valence-corrected chi connectivity index (χ2v) is 7.31. The number of ether oxygens (including phenoxy) is 1. The molecule has 1 aromatic heterocycles. The minimum Gasteiger partial charge on any atom is -0.497 e. The van der Waals surface area contributed by atoms with Gasteiger partial charge in [0.1, 0.15) is 18.1 Å². The van der Waals surface area contributed by atoms with Crippen molar-refractivity contribution >= 4 is 34.1 Å². The smallest absolute Gasteiger partial charge is 0.336 e. The van der Waals surface area contributed by atoms with Gasteiger partial charge in [-0.15, -0.1) is 0 Å². The molecule has 0 aliphatic heterocycles. The van der Waals surface area contributed by atoms with Gasteiger partial charge in [0.2, 0.25) is 5.91 Å². The summed E-state index contributed by atoms with van der Waals surface area (Å²) in [5.74, 6) is -0.511. The maximum Gasteiger partial charge on any atom is 0.336 e. The summed E-state index contributed by atoms with van der Waals surface area (Å²) in [6, 6.07) is 16.7. The van der Waals surface area contributed by atoms with Crippen molar-refractivity contribution in [1.82, 2.24) is 9.13 Å². The van der Waals surface area contributed by atoms with Gasteiger partial charge in [0, 0.05) is 5.69 Å². The zero-order valence-electron chi connectivity index (χ0n) is 16.8. The number of amides is 1. The molecule has 4 aromatic rings. The number of rotatable bonds is 5. The number of nitrogens with zero attached hydrogens (tertiary/aromatic N) is 2. The molecule has 162 valence electrons. The van der Waals surface area contributed by atoms with Gasteiger partial charge < -0.3 is 10.1 Å². The topological polar surface area (TPSA) is 82.3 Å². The van der Waals surface area contributed by atoms with Gasteiger partial charge in [-0.3, -0.25) is 14.2 Å². The number of benzene rings is 3. The van der Waals surface area contributed by atoms with Crippen LogP contribution in [0.2, 0.25) is 5.02 Å². The maximum absolute atomic E-state index is 13.6. The van der Waals surface area contributed by atoms with Gasteiger partial charge in [-0.05, 0) is 54.6 Å². The SMILES string of the molecule is COc1ccc(NC(=O)Cn2c(=O)n(-c3ccc(F)c(Cl)c3)c(=O)c3ccccc32)cc1. The fraction of sp³-hybridized carbons (Fsp3) is 0.0870. The molecule has 0 radical (unpaired) electrons. The Labute approximate surface area is 186 Å². The van der Waals surface area contributed by atoms with E-state index in [2.05, 4.69) is 5.32 Å². The number of carbonyl (C=O) groups is 1. The monoisotopic (exact) mass is 453 g/mol. The molecule has 0 atom stereocenters. The lowest BCUT2D eigenvalue weighted by Gasteiger charge is -2.14. The van der Waals surface area contributed by atoms with Crippen LogP contribution in [0.25, 0.3) is 16.6 Å². The predicted molar refractivity (Wildman–Crippen MR) is 120 cm³/mol. The molecule has 0 spiro atoms. The van der Waals surface area contributed by atoms with Crippen LogP contribution in [0.1, 0.15) is 0 Å². The molecule has 0 saturated heterocycles. The number of aromatic nitrogens is 2. The van der Waals surface area contributed by atoms with Gasteiger partial charge in [-0.1, -0.05) is 23.7 Å². The summed E-state index contributed by atoms with van der Waals surface area (Å²) in [5, 5.41) is 2.71. The van der Waals surface area contributed by atoms with Crippen molar-refractivity contribution in [2.75, 3.05) is 12.4 Å². The second kappa shape index (κ2) is 8.68. The van der Waals surface area contributed by atoms with Crippen molar-refractivity contribution < 1.29 is 13.9 Å². The number of anilines is 1. The van der Waals surface area contributed by atoms with E-state index in [1.807, 2.05) is 0 Å². The summed E-state index contributed by atoms with van der Waals surface area (Å²) in [5.41, 5.74) is -0.425. The van der Waals surface area contributed by atoms with Crippen molar-refractivity contribution in [3.8, 4) is 11.4 Å². The van der Waals surface area contributed by atoms with Crippen molar-refractivity contribution in [3.05, 3.63) is 98.4 Å². The van der Waals surface area contributed by atoms with Crippen LogP contribution in [0.15, 0.2) is 76.3 Å². The Morgan fingerprint density at radius 1 is 1.06 bits per heavy atom. The van der Waals surface area contributed by atoms with Gasteiger partial charge in [0.25, 0.3) is 5.56 Å². The van der Waals surface area contributed by atoms with Gasteiger partial charge in [0.05, 0.1) is 28.7 Å². The quantitative estimate of drug-likeness (QED) is 0.500. The molecule has 0 unspecified atom stereocenters. The fourth-order valence-corrected chi connectivity index (χ4v) is 3.52. The van der Waals surface area contributed by atoms with E-state index in [-0.39, 0.29) is 22.6 Å². The molecule has 0 aliphatic rings. The Hall–Kier alpha value is -3.91. The number of hydrogen-bond donors (Lipinski definition) is 1. The third-order valence-electron chi connectivity index (χ3n) is 4.89. The average Bonchev–Trinajstić information content (AvgIpc) is 2.79. The zero-order valence-corrected chi connectivity index (χ0v) is 17.6. The first kappa shape index (κ1) is 21.3. The summed E-state index contributed by atoms with van der Waals surface area (Å²) in [7, 11) is 1.54. The first-order valence-corrected chi connectivity index (χ1v) is 9.91. The number of carbonyl (C=O) groups excluding carboxylic acids is 1. The van der Waals surface area contributed by atoms with Gasteiger partial charge in [-0.25, -0.2) is 13.8 Å². The van der Waals surface area contributed by atoms with E-state index in [1.165, 1.54) is 23.8 Å². The largest absolute Gasteiger partial charge is 0.497 e. The van der Waals surface area contributed by atoms with Crippen LogP contribution in [0.3, 0.4) is 0 Å². The van der Waals surface area contributed by atoms with Gasteiger partial charge >= 0.3 is 5.69 Å². The van der Waals surface area contributed by atoms with E-state index in [1.54, 1.807) is 48.5 Å². The van der Waals surface area contributed by atoms with Crippen LogP contribution in [0.5, 0.6) is 5.75 Å². The molecule has 7 nitrogen and oxygen atoms in total. The maximum atomic E-state index is 13.6. The normalized spacial score (nSPS) is 10.8. The van der Waals surface area contributed by atoms with Crippen molar-refractivity contribution in [3.63, 3.8) is 0 Å². The minimum atomic E-state index is -0.749. The Balaban J connectivity index is 1.79. The number of methoxy groups -OCH3 is 1. The molecule has 32 heavy (non-hydrogen) atoms. The Bertz CT molecular complexity index is 1440. The van der Waals surface area contributed by atoms with Crippen LogP contribution < -0.4 is 21.3 Å². The molecule has 3 aromatic carbocycles. The summed E-state index contributed by atoms with van der Waals surface area (Å²) >= 11 is 5.85. The lowest BCUT2D eigenvalue weighted by atomic mass is 10.2. The molecule has 9 heteroatoms. The Morgan fingerprint density at radius 2 is 1.78 bits per heavy atom. The van der Waals surface area contributed by atoms with Gasteiger partial charge in [0.15, 0.2) is 0 Å². The van der Waals surface area contributed by atoms with E-state index in [4.69, 9.17) is 16.3 Å². The van der Waals surface area contributed by atoms with Crippen molar-refractivity contribution in [2.24, 2.45) is 0 Å². The number of halogens is 2. The Morgan fingerprint density at radius 3 is 2.47 bits per heavy atom. The molecule has 1 amide bonds. The standard InChI is InChI=1S/C23H17ClFN3O4/c1-32-16-9-6-14(7-10-16)26-21(29)13-27-20-5-3-2-4-17(20)22(30)28(23(27)31)15-8-11-19(25)18(24)12-15/h2-12H,13H2,1H3,(H,26,29). The van der Waals surface area contributed by atoms with Crippen molar-refractivity contribution in [1.29, 1.82) is 0 Å². The summed E-state index contributed by atoms with van der Waals surface area (Å²) < 4.78 is 20.8. The molecular weight excluding hydrogens is 437 g/mol. The molecule has 4 rings (SSSR count). The number of fused-ring (bicyclic) bond motifs is 1. The summed E-state index contributed by atoms with van der Waals surface area (Å²) in [6.45, 7) is -0.347. The predicted octanol–water partition coefficient (Wildman–Crippen LogP) is 3.59. The first-order valence-electron chi connectivity index (χ1n) is 9.53. The minimum absolute atomic E-state index is 0.0986. The van der Waals surface area contributed by atoms with E-state index in [0.29, 0.717) is 17.0 Å². The van der Waals surface area contributed by atoms with Crippen molar-refractivity contribution in [2.45, 2.75) is 6.54 Å². The third kappa shape index (κ3) is 4.00. The van der Waals surface area contributed by atoms with Crippen LogP contribution in [0, 0.1) is 5.82 Å². The van der Waals surface area contributed by atoms with E-state index < -0.39 is 23.0 Å². The average molecular weight is 454 g/mol. The Kier molecular flexibility index (Phi) is 5.79. The fourth-order valence-electron chi connectivity index (χ4n) is 3.34. The molecule has 1 N–H and O–H groups in total. The molecule has 0 bridgehead atoms. The number of nitrogens with one attached hydrogen (secondary N) is 1. The van der Waals surface area contributed by atoms with Crippen LogP contribution in [-0.2, 0) is 11.3 Å². The lowest BCUT2D eigenvalue weighted by Crippen LogP contribution is -2.40. The lowest BCUT2D eigenvalue weighted by molar-refractivity contribution is -0.116. The van der Waals surface area contributed by atoms with Crippen LogP contribution >= 0.6 is 11.6 Å².